The van der Waals surface area contributed by atoms with Gasteiger partial charge in [-0.2, -0.15) is 0 Å². The molecule has 2 saturated heterocycles. The van der Waals surface area contributed by atoms with Crippen molar-refractivity contribution in [2.75, 3.05) is 45.8 Å². The quantitative estimate of drug-likeness (QED) is 0.608. The topological polar surface area (TPSA) is 102 Å². The minimum atomic E-state index is -0.319. The monoisotopic (exact) mass is 304 g/mol. The van der Waals surface area contributed by atoms with Crippen LogP contribution in [-0.4, -0.2) is 60.6 Å². The Morgan fingerprint density at radius 1 is 0.952 bits per heavy atom. The molecule has 2 fully saturated rings. The van der Waals surface area contributed by atoms with E-state index in [4.69, 9.17) is 0 Å². The Hall–Kier alpha value is -1.28. The molecule has 21 heavy (non-hydrogen) atoms. The number of nitrogens with zero attached hydrogens (tertiary/aromatic N) is 3. The van der Waals surface area contributed by atoms with E-state index in [9.17, 15) is 20.2 Å². The van der Waals surface area contributed by atoms with E-state index in [0.717, 1.165) is 13.1 Å². The summed E-state index contributed by atoms with van der Waals surface area (Å²) in [6, 6.07) is 0. The van der Waals surface area contributed by atoms with Crippen LogP contribution in [0.25, 0.3) is 0 Å². The summed E-state index contributed by atoms with van der Waals surface area (Å²) in [4.78, 5) is 20.9. The molecule has 124 valence electrons. The lowest BCUT2D eigenvalue weighted by Crippen LogP contribution is -2.25. The van der Waals surface area contributed by atoms with Gasteiger partial charge in [-0.15, -0.1) is 0 Å². The number of nitro groups is 2. The summed E-state index contributed by atoms with van der Waals surface area (Å²) < 4.78 is 0. The number of likely N-dealkylation sites (tertiary alicyclic amines) is 1. The van der Waals surface area contributed by atoms with Crippen molar-refractivity contribution < 1.29 is 9.85 Å². The summed E-state index contributed by atoms with van der Waals surface area (Å²) >= 11 is 0. The molecule has 0 bridgehead atoms. The first-order valence-corrected chi connectivity index (χ1v) is 7.73. The first-order chi connectivity index (χ1) is 10.1. The Morgan fingerprint density at radius 3 is 1.76 bits per heavy atom. The van der Waals surface area contributed by atoms with Gasteiger partial charge in [0, 0.05) is 16.3 Å². The highest BCUT2D eigenvalue weighted by molar-refractivity contribution is 4.64. The molecular weight excluding hydrogens is 276 g/mol. The maximum Gasteiger partial charge on any atom is 0.216 e. The molecule has 0 aromatic heterocycles. The van der Waals surface area contributed by atoms with E-state index >= 15 is 0 Å². The molecule has 0 radical (unpaired) electrons. The molecule has 8 heteroatoms. The van der Waals surface area contributed by atoms with E-state index in [2.05, 4.69) is 10.2 Å². The predicted octanol–water partition coefficient (Wildman–Crippen LogP) is 1.40. The van der Waals surface area contributed by atoms with Crippen molar-refractivity contribution in [1.82, 2.24) is 10.2 Å². The van der Waals surface area contributed by atoms with Crippen LogP contribution in [0.4, 0.5) is 0 Å². The van der Waals surface area contributed by atoms with Crippen LogP contribution in [0.3, 0.4) is 0 Å². The van der Waals surface area contributed by atoms with E-state index < -0.39 is 0 Å². The fourth-order valence-electron chi connectivity index (χ4n) is 2.04. The smallest absolute Gasteiger partial charge is 0.216 e. The van der Waals surface area contributed by atoms with Crippen LogP contribution in [0, 0.1) is 20.2 Å². The van der Waals surface area contributed by atoms with Gasteiger partial charge < -0.3 is 5.32 Å². The average molecular weight is 304 g/mol. The third-order valence-electron chi connectivity index (χ3n) is 3.16. The molecule has 1 N–H and O–H groups in total. The summed E-state index contributed by atoms with van der Waals surface area (Å²) in [6.45, 7) is 7.21. The van der Waals surface area contributed by atoms with Gasteiger partial charge in [0.15, 0.2) is 0 Å². The van der Waals surface area contributed by atoms with E-state index in [1.54, 1.807) is 6.92 Å². The number of hydrogen-bond donors (Lipinski definition) is 1. The van der Waals surface area contributed by atoms with Crippen molar-refractivity contribution in [2.45, 2.75) is 39.0 Å². The Kier molecular flexibility index (Phi) is 12.9. The molecule has 2 heterocycles. The van der Waals surface area contributed by atoms with Crippen molar-refractivity contribution >= 4 is 0 Å². The van der Waals surface area contributed by atoms with Gasteiger partial charge in [0.25, 0.3) is 0 Å². The third-order valence-corrected chi connectivity index (χ3v) is 3.16. The summed E-state index contributed by atoms with van der Waals surface area (Å²) in [5, 5.41) is 22.6. The standard InChI is InChI=1S/C6H12N2O2.C4H9N.C3H7NO2/c9-8(10)6-5-7-3-1-2-4-7;1-2-4-5-3-1;1-2-3-4(5)6/h1-6H2;5H,1-4H2;2-3H2,1H3. The van der Waals surface area contributed by atoms with Crippen LogP contribution in [0.15, 0.2) is 0 Å². The Morgan fingerprint density at radius 2 is 1.48 bits per heavy atom. The second-order valence-electron chi connectivity index (χ2n) is 5.12. The lowest BCUT2D eigenvalue weighted by molar-refractivity contribution is -0.480. The maximum absolute atomic E-state index is 9.93. The Labute approximate surface area is 126 Å². The van der Waals surface area contributed by atoms with Gasteiger partial charge in [-0.3, -0.25) is 25.1 Å². The summed E-state index contributed by atoms with van der Waals surface area (Å²) in [7, 11) is 0. The van der Waals surface area contributed by atoms with Crippen molar-refractivity contribution in [2.24, 2.45) is 0 Å². The van der Waals surface area contributed by atoms with Crippen molar-refractivity contribution in [3.05, 3.63) is 20.2 Å². The van der Waals surface area contributed by atoms with Gasteiger partial charge >= 0.3 is 0 Å². The van der Waals surface area contributed by atoms with Gasteiger partial charge in [0.2, 0.25) is 13.1 Å². The second-order valence-corrected chi connectivity index (χ2v) is 5.12. The van der Waals surface area contributed by atoms with E-state index in [1.165, 1.54) is 38.8 Å². The van der Waals surface area contributed by atoms with Crippen LogP contribution in [-0.2, 0) is 0 Å². The second kappa shape index (κ2) is 13.7. The molecule has 0 spiro atoms. The highest BCUT2D eigenvalue weighted by Crippen LogP contribution is 2.05. The molecule has 0 aliphatic carbocycles. The average Bonchev–Trinajstić information content (AvgIpc) is 3.13. The Balaban J connectivity index is 0.000000311. The predicted molar refractivity (Wildman–Crippen MR) is 81.8 cm³/mol. The van der Waals surface area contributed by atoms with Gasteiger partial charge in [-0.1, -0.05) is 6.92 Å². The van der Waals surface area contributed by atoms with Gasteiger partial charge in [0.05, 0.1) is 6.54 Å². The maximum atomic E-state index is 9.93. The largest absolute Gasteiger partial charge is 0.317 e. The van der Waals surface area contributed by atoms with Crippen molar-refractivity contribution in [3.8, 4) is 0 Å². The number of nitrogens with one attached hydrogen (secondary N) is 1. The molecule has 2 rings (SSSR count). The van der Waals surface area contributed by atoms with Crippen LogP contribution < -0.4 is 5.32 Å². The van der Waals surface area contributed by atoms with Gasteiger partial charge in [-0.05, 0) is 51.9 Å². The molecule has 0 unspecified atom stereocenters. The number of hydrogen-bond acceptors (Lipinski definition) is 6. The van der Waals surface area contributed by atoms with Gasteiger partial charge in [-0.25, -0.2) is 0 Å². The van der Waals surface area contributed by atoms with Crippen molar-refractivity contribution in [3.63, 3.8) is 0 Å². The molecule has 0 aromatic rings. The zero-order chi connectivity index (χ0) is 15.9. The first-order valence-electron chi connectivity index (χ1n) is 7.73. The molecular formula is C13H28N4O4. The van der Waals surface area contributed by atoms with Crippen LogP contribution in [0.5, 0.6) is 0 Å². The molecule has 0 aromatic carbocycles. The minimum Gasteiger partial charge on any atom is -0.317 e. The van der Waals surface area contributed by atoms with E-state index in [-0.39, 0.29) is 22.9 Å². The highest BCUT2D eigenvalue weighted by atomic mass is 16.6. The molecule has 8 nitrogen and oxygen atoms in total. The van der Waals surface area contributed by atoms with E-state index in [0.29, 0.717) is 13.0 Å². The molecule has 0 amide bonds. The fourth-order valence-corrected chi connectivity index (χ4v) is 2.04. The lowest BCUT2D eigenvalue weighted by Gasteiger charge is -2.09. The molecule has 2 aliphatic rings. The third kappa shape index (κ3) is 14.9. The molecule has 0 atom stereocenters. The summed E-state index contributed by atoms with van der Waals surface area (Å²) in [6.07, 6.45) is 5.82. The zero-order valence-corrected chi connectivity index (χ0v) is 13.0. The minimum absolute atomic E-state index is 0.0972. The lowest BCUT2D eigenvalue weighted by atomic mass is 10.4. The molecule has 0 saturated carbocycles. The van der Waals surface area contributed by atoms with Gasteiger partial charge in [0.1, 0.15) is 0 Å². The van der Waals surface area contributed by atoms with Crippen LogP contribution >= 0.6 is 0 Å². The Bertz CT molecular complexity index is 272. The summed E-state index contributed by atoms with van der Waals surface area (Å²) in [5.41, 5.74) is 0. The first kappa shape index (κ1) is 19.7. The fraction of sp³-hybridized carbons (Fsp3) is 1.00. The van der Waals surface area contributed by atoms with E-state index in [1.807, 2.05) is 0 Å². The normalized spacial score (nSPS) is 17.4. The SMILES string of the molecule is C1CCNC1.CCC[N+](=O)[O-].O=[N+]([O-])CCN1CCCC1. The molecule has 2 aliphatic heterocycles. The van der Waals surface area contributed by atoms with Crippen LogP contribution in [0.1, 0.15) is 39.0 Å². The summed E-state index contributed by atoms with van der Waals surface area (Å²) in [5.74, 6) is 0. The van der Waals surface area contributed by atoms with Crippen LogP contribution in [0.2, 0.25) is 0 Å². The highest BCUT2D eigenvalue weighted by Gasteiger charge is 2.12. The number of rotatable bonds is 5. The van der Waals surface area contributed by atoms with Crippen molar-refractivity contribution in [1.29, 1.82) is 0 Å². The zero-order valence-electron chi connectivity index (χ0n) is 13.0.